The first-order valence-electron chi connectivity index (χ1n) is 5.22. The van der Waals surface area contributed by atoms with E-state index in [0.717, 1.165) is 13.2 Å². The Balaban J connectivity index is 2.32. The molecule has 1 aromatic rings. The highest BCUT2D eigenvalue weighted by molar-refractivity contribution is 9.11. The average Bonchev–Trinajstić information content (AvgIpc) is 2.61. The van der Waals surface area contributed by atoms with E-state index in [9.17, 15) is 0 Å². The van der Waals surface area contributed by atoms with E-state index in [-0.39, 0.29) is 0 Å². The van der Waals surface area contributed by atoms with Crippen LogP contribution in [0.15, 0.2) is 15.9 Å². The van der Waals surface area contributed by atoms with Crippen LogP contribution in [0.2, 0.25) is 0 Å². The van der Waals surface area contributed by atoms with E-state index in [0.29, 0.717) is 6.04 Å². The molecule has 1 atom stereocenters. The number of hydrogen-bond acceptors (Lipinski definition) is 3. The molecule has 0 amide bonds. The third kappa shape index (κ3) is 5.11. The summed E-state index contributed by atoms with van der Waals surface area (Å²) >= 11 is 5.25. The van der Waals surface area contributed by atoms with E-state index in [4.69, 9.17) is 4.74 Å². The Morgan fingerprint density at radius 1 is 1.53 bits per heavy atom. The van der Waals surface area contributed by atoms with Crippen LogP contribution in [0.3, 0.4) is 0 Å². The molecule has 0 aliphatic rings. The molecule has 0 bridgehead atoms. The minimum atomic E-state index is 0.473. The summed E-state index contributed by atoms with van der Waals surface area (Å²) < 4.78 is 6.37. The van der Waals surface area contributed by atoms with Gasteiger partial charge in [-0.2, -0.15) is 0 Å². The largest absolute Gasteiger partial charge is 0.383 e. The Kier molecular flexibility index (Phi) is 6.48. The van der Waals surface area contributed by atoms with Crippen LogP contribution in [0.5, 0.6) is 0 Å². The van der Waals surface area contributed by atoms with Crippen molar-refractivity contribution in [2.45, 2.75) is 32.4 Å². The zero-order valence-corrected chi connectivity index (χ0v) is 11.7. The molecular weight excluding hydrogens is 274 g/mol. The molecule has 0 aliphatic carbocycles. The van der Waals surface area contributed by atoms with Gasteiger partial charge in [0.15, 0.2) is 0 Å². The molecule has 1 N–H and O–H groups in total. The zero-order chi connectivity index (χ0) is 11.1. The van der Waals surface area contributed by atoms with Crippen molar-refractivity contribution in [1.29, 1.82) is 0 Å². The number of methoxy groups -OCH3 is 1. The van der Waals surface area contributed by atoms with E-state index in [1.165, 1.54) is 21.5 Å². The molecule has 0 saturated heterocycles. The predicted molar refractivity (Wildman–Crippen MR) is 69.4 cm³/mol. The number of nitrogens with one attached hydrogen (secondary N) is 1. The monoisotopic (exact) mass is 291 g/mol. The lowest BCUT2D eigenvalue weighted by Crippen LogP contribution is -2.32. The van der Waals surface area contributed by atoms with Crippen molar-refractivity contribution in [3.8, 4) is 0 Å². The maximum Gasteiger partial charge on any atom is 0.0701 e. The SMILES string of the molecule is CCCC(COC)NCc1ccc(Br)s1. The predicted octanol–water partition coefficient (Wildman–Crippen LogP) is 3.42. The van der Waals surface area contributed by atoms with Gasteiger partial charge >= 0.3 is 0 Å². The van der Waals surface area contributed by atoms with E-state index in [1.54, 1.807) is 18.4 Å². The molecule has 1 rings (SSSR count). The van der Waals surface area contributed by atoms with Gasteiger partial charge in [-0.3, -0.25) is 0 Å². The van der Waals surface area contributed by atoms with Gasteiger partial charge < -0.3 is 10.1 Å². The maximum atomic E-state index is 5.18. The highest BCUT2D eigenvalue weighted by atomic mass is 79.9. The van der Waals surface area contributed by atoms with Crippen LogP contribution in [0.1, 0.15) is 24.6 Å². The van der Waals surface area contributed by atoms with Crippen LogP contribution in [0, 0.1) is 0 Å². The van der Waals surface area contributed by atoms with Gasteiger partial charge in [-0.05, 0) is 34.5 Å². The molecule has 4 heteroatoms. The second-order valence-corrected chi connectivity index (χ2v) is 6.08. The summed E-state index contributed by atoms with van der Waals surface area (Å²) in [6.45, 7) is 3.93. The molecule has 0 fully saturated rings. The normalized spacial score (nSPS) is 13.0. The summed E-state index contributed by atoms with van der Waals surface area (Å²) in [5.41, 5.74) is 0. The first-order valence-corrected chi connectivity index (χ1v) is 6.83. The van der Waals surface area contributed by atoms with Crippen LogP contribution in [0.25, 0.3) is 0 Å². The lowest BCUT2D eigenvalue weighted by Gasteiger charge is -2.16. The Morgan fingerprint density at radius 2 is 2.33 bits per heavy atom. The van der Waals surface area contributed by atoms with Crippen LogP contribution in [-0.4, -0.2) is 19.8 Å². The number of halogens is 1. The summed E-state index contributed by atoms with van der Waals surface area (Å²) in [6.07, 6.45) is 2.36. The lowest BCUT2D eigenvalue weighted by atomic mass is 10.2. The smallest absolute Gasteiger partial charge is 0.0701 e. The Bertz CT molecular complexity index is 271. The zero-order valence-electron chi connectivity index (χ0n) is 9.25. The van der Waals surface area contributed by atoms with Crippen LogP contribution in [0.4, 0.5) is 0 Å². The maximum absolute atomic E-state index is 5.18. The number of rotatable bonds is 7. The van der Waals surface area contributed by atoms with Crippen LogP contribution >= 0.6 is 27.3 Å². The third-order valence-corrected chi connectivity index (χ3v) is 3.82. The quantitative estimate of drug-likeness (QED) is 0.831. The number of thiophene rings is 1. The first-order chi connectivity index (χ1) is 7.26. The Hall–Kier alpha value is 0.1000. The van der Waals surface area contributed by atoms with Crippen molar-refractivity contribution < 1.29 is 4.74 Å². The summed E-state index contributed by atoms with van der Waals surface area (Å²) in [5, 5.41) is 3.52. The molecule has 0 aromatic carbocycles. The molecule has 1 unspecified atom stereocenters. The minimum absolute atomic E-state index is 0.473. The summed E-state index contributed by atoms with van der Waals surface area (Å²) in [6, 6.07) is 4.71. The van der Waals surface area contributed by atoms with Crippen molar-refractivity contribution in [3.05, 3.63) is 20.8 Å². The highest BCUT2D eigenvalue weighted by Gasteiger charge is 2.07. The first kappa shape index (κ1) is 13.2. The molecule has 1 aromatic heterocycles. The lowest BCUT2D eigenvalue weighted by molar-refractivity contribution is 0.161. The van der Waals surface area contributed by atoms with E-state index >= 15 is 0 Å². The summed E-state index contributed by atoms with van der Waals surface area (Å²) in [7, 11) is 1.76. The van der Waals surface area contributed by atoms with Crippen LogP contribution in [-0.2, 0) is 11.3 Å². The standard InChI is InChI=1S/C11H18BrNOS/c1-3-4-9(8-14-2)13-7-10-5-6-11(12)15-10/h5-6,9,13H,3-4,7-8H2,1-2H3. The summed E-state index contributed by atoms with van der Waals surface area (Å²) in [5.74, 6) is 0. The molecule has 2 nitrogen and oxygen atoms in total. The molecular formula is C11H18BrNOS. The van der Waals surface area contributed by atoms with Gasteiger partial charge in [-0.1, -0.05) is 13.3 Å². The molecule has 0 spiro atoms. The van der Waals surface area contributed by atoms with Crippen molar-refractivity contribution in [2.24, 2.45) is 0 Å². The van der Waals surface area contributed by atoms with Gasteiger partial charge in [-0.25, -0.2) is 0 Å². The Labute approximate surface area is 104 Å². The molecule has 15 heavy (non-hydrogen) atoms. The fourth-order valence-electron chi connectivity index (χ4n) is 1.49. The van der Waals surface area contributed by atoms with Gasteiger partial charge in [0.2, 0.25) is 0 Å². The number of ether oxygens (including phenoxy) is 1. The topological polar surface area (TPSA) is 21.3 Å². The third-order valence-electron chi connectivity index (χ3n) is 2.20. The van der Waals surface area contributed by atoms with Gasteiger partial charge in [0.25, 0.3) is 0 Å². The fourth-order valence-corrected chi connectivity index (χ4v) is 2.92. The van der Waals surface area contributed by atoms with Crippen LogP contribution < -0.4 is 5.32 Å². The average molecular weight is 292 g/mol. The summed E-state index contributed by atoms with van der Waals surface area (Å²) in [4.78, 5) is 1.36. The van der Waals surface area contributed by atoms with E-state index < -0.39 is 0 Å². The second-order valence-electron chi connectivity index (χ2n) is 3.53. The highest BCUT2D eigenvalue weighted by Crippen LogP contribution is 2.21. The van der Waals surface area contributed by atoms with E-state index in [1.807, 2.05) is 0 Å². The van der Waals surface area contributed by atoms with Crippen molar-refractivity contribution in [1.82, 2.24) is 5.32 Å². The van der Waals surface area contributed by atoms with Crippen molar-refractivity contribution >= 4 is 27.3 Å². The van der Waals surface area contributed by atoms with Gasteiger partial charge in [0.1, 0.15) is 0 Å². The van der Waals surface area contributed by atoms with Crippen molar-refractivity contribution in [2.75, 3.05) is 13.7 Å². The number of hydrogen-bond donors (Lipinski definition) is 1. The van der Waals surface area contributed by atoms with Crippen molar-refractivity contribution in [3.63, 3.8) is 0 Å². The molecule has 1 heterocycles. The van der Waals surface area contributed by atoms with Gasteiger partial charge in [-0.15, -0.1) is 11.3 Å². The fraction of sp³-hybridized carbons (Fsp3) is 0.636. The molecule has 0 saturated carbocycles. The minimum Gasteiger partial charge on any atom is -0.383 e. The van der Waals surface area contributed by atoms with E-state index in [2.05, 4.69) is 40.3 Å². The Morgan fingerprint density at radius 3 is 2.87 bits per heavy atom. The molecule has 86 valence electrons. The van der Waals surface area contributed by atoms with Gasteiger partial charge in [0.05, 0.1) is 10.4 Å². The molecule has 0 aliphatic heterocycles. The molecule has 0 radical (unpaired) electrons. The van der Waals surface area contributed by atoms with Gasteiger partial charge in [0, 0.05) is 24.6 Å². The second kappa shape index (κ2) is 7.39.